The number of piperidine rings is 1. The zero-order valence-electron chi connectivity index (χ0n) is 16.4. The van der Waals surface area contributed by atoms with E-state index in [0.29, 0.717) is 17.4 Å². The molecule has 4 heteroatoms. The fourth-order valence-electron chi connectivity index (χ4n) is 6.87. The molecular formula is C23H32N2O2. The Morgan fingerprint density at radius 2 is 1.89 bits per heavy atom. The molecule has 1 saturated heterocycles. The average molecular weight is 369 g/mol. The number of methoxy groups -OCH3 is 1. The molecule has 1 heterocycles. The van der Waals surface area contributed by atoms with Crippen LogP contribution in [0.2, 0.25) is 0 Å². The highest BCUT2D eigenvalue weighted by molar-refractivity contribution is 5.92. The Balaban J connectivity index is 1.40. The summed E-state index contributed by atoms with van der Waals surface area (Å²) in [5.41, 5.74) is 7.03. The van der Waals surface area contributed by atoms with Crippen LogP contribution in [0.3, 0.4) is 0 Å². The van der Waals surface area contributed by atoms with E-state index in [0.717, 1.165) is 36.4 Å². The second kappa shape index (κ2) is 6.59. The van der Waals surface area contributed by atoms with Crippen LogP contribution in [0.1, 0.15) is 54.4 Å². The van der Waals surface area contributed by atoms with E-state index < -0.39 is 0 Å². The maximum Gasteiger partial charge on any atom is 0.248 e. The molecule has 27 heavy (non-hydrogen) atoms. The quantitative estimate of drug-likeness (QED) is 0.866. The maximum absolute atomic E-state index is 11.7. The lowest BCUT2D eigenvalue weighted by Gasteiger charge is -2.55. The second-order valence-electron chi connectivity index (χ2n) is 9.58. The van der Waals surface area contributed by atoms with Crippen LogP contribution in [0, 0.1) is 29.6 Å². The fraction of sp³-hybridized carbons (Fsp3) is 0.696. The first kappa shape index (κ1) is 17.7. The SMILES string of the molecule is COC1(c2cccc(C(N)=O)c2)C2CCCC1CN(C[C@@H]1C[C@@H]3C[C@@H]3C1)C2. The van der Waals surface area contributed by atoms with Crippen LogP contribution >= 0.6 is 0 Å². The summed E-state index contributed by atoms with van der Waals surface area (Å²) in [5.74, 6) is 3.68. The third-order valence-corrected chi connectivity index (χ3v) is 8.07. The monoisotopic (exact) mass is 368 g/mol. The zero-order valence-corrected chi connectivity index (χ0v) is 16.4. The molecule has 2 N–H and O–H groups in total. The standard InChI is InChI=1S/C23H32N2O2/c1-27-23(19-5-2-4-16(11-19)22(24)26)20-6-3-7-21(23)14-25(13-20)12-15-8-17-10-18(17)9-15/h2,4-5,11,15,17-18,20-21H,3,6-10,12-14H2,1H3,(H2,24,26)/t15-,17-,18+,20?,21?,23?. The van der Waals surface area contributed by atoms with Gasteiger partial charge >= 0.3 is 0 Å². The number of benzene rings is 1. The molecule has 1 aromatic rings. The molecule has 5 rings (SSSR count). The van der Waals surface area contributed by atoms with Crippen molar-refractivity contribution in [3.63, 3.8) is 0 Å². The van der Waals surface area contributed by atoms with Crippen LogP contribution in [-0.2, 0) is 10.3 Å². The largest absolute Gasteiger partial charge is 0.373 e. The van der Waals surface area contributed by atoms with Crippen LogP contribution in [0.25, 0.3) is 0 Å². The van der Waals surface area contributed by atoms with Crippen LogP contribution < -0.4 is 5.73 Å². The van der Waals surface area contributed by atoms with E-state index in [9.17, 15) is 4.79 Å². The van der Waals surface area contributed by atoms with Crippen molar-refractivity contribution in [2.24, 2.45) is 35.3 Å². The molecule has 3 aliphatic carbocycles. The molecule has 2 bridgehead atoms. The van der Waals surface area contributed by atoms with Crippen molar-refractivity contribution in [1.29, 1.82) is 0 Å². The summed E-state index contributed by atoms with van der Waals surface area (Å²) in [6, 6.07) is 7.90. The predicted molar refractivity (Wildman–Crippen MR) is 105 cm³/mol. The number of carbonyl (C=O) groups excluding carboxylic acids is 1. The Morgan fingerprint density at radius 3 is 2.52 bits per heavy atom. The summed E-state index contributed by atoms with van der Waals surface area (Å²) < 4.78 is 6.33. The van der Waals surface area contributed by atoms with Gasteiger partial charge in [-0.25, -0.2) is 0 Å². The van der Waals surface area contributed by atoms with Crippen molar-refractivity contribution >= 4 is 5.91 Å². The summed E-state index contributed by atoms with van der Waals surface area (Å²) in [7, 11) is 1.86. The molecule has 4 fully saturated rings. The number of hydrogen-bond acceptors (Lipinski definition) is 3. The number of carbonyl (C=O) groups is 1. The molecule has 0 spiro atoms. The van der Waals surface area contributed by atoms with Crippen molar-refractivity contribution in [3.05, 3.63) is 35.4 Å². The van der Waals surface area contributed by atoms with Crippen LogP contribution in [0.4, 0.5) is 0 Å². The fourth-order valence-corrected chi connectivity index (χ4v) is 6.87. The normalized spacial score (nSPS) is 40.6. The number of primary amides is 1. The Morgan fingerprint density at radius 1 is 1.19 bits per heavy atom. The topological polar surface area (TPSA) is 55.6 Å². The van der Waals surface area contributed by atoms with Crippen LogP contribution in [-0.4, -0.2) is 37.6 Å². The van der Waals surface area contributed by atoms with Gasteiger partial charge in [0.25, 0.3) is 0 Å². The third-order valence-electron chi connectivity index (χ3n) is 8.07. The van der Waals surface area contributed by atoms with Gasteiger partial charge in [0.2, 0.25) is 5.91 Å². The summed E-state index contributed by atoms with van der Waals surface area (Å²) >= 11 is 0. The van der Waals surface area contributed by atoms with E-state index in [2.05, 4.69) is 11.0 Å². The van der Waals surface area contributed by atoms with Crippen molar-refractivity contribution in [2.75, 3.05) is 26.7 Å². The Kier molecular flexibility index (Phi) is 4.32. The highest BCUT2D eigenvalue weighted by atomic mass is 16.5. The smallest absolute Gasteiger partial charge is 0.248 e. The summed E-state index contributed by atoms with van der Waals surface area (Å²) in [5, 5.41) is 0. The molecule has 0 aromatic heterocycles. The van der Waals surface area contributed by atoms with Gasteiger partial charge in [0.1, 0.15) is 5.60 Å². The van der Waals surface area contributed by atoms with Gasteiger partial charge in [0.05, 0.1) is 0 Å². The summed E-state index contributed by atoms with van der Waals surface area (Å²) in [4.78, 5) is 14.5. The summed E-state index contributed by atoms with van der Waals surface area (Å²) in [6.07, 6.45) is 8.14. The minimum atomic E-state index is -0.356. The van der Waals surface area contributed by atoms with Gasteiger partial charge in [-0.1, -0.05) is 18.6 Å². The van der Waals surface area contributed by atoms with Gasteiger partial charge in [0.15, 0.2) is 0 Å². The number of hydrogen-bond donors (Lipinski definition) is 1. The summed E-state index contributed by atoms with van der Waals surface area (Å²) in [6.45, 7) is 3.52. The molecule has 1 aromatic carbocycles. The van der Waals surface area contributed by atoms with E-state index >= 15 is 0 Å². The van der Waals surface area contributed by atoms with E-state index in [4.69, 9.17) is 10.5 Å². The molecule has 1 amide bonds. The van der Waals surface area contributed by atoms with Gasteiger partial charge in [-0.2, -0.15) is 0 Å². The van der Waals surface area contributed by atoms with Crippen LogP contribution in [0.15, 0.2) is 24.3 Å². The van der Waals surface area contributed by atoms with E-state index in [1.54, 1.807) is 0 Å². The lowest BCUT2D eigenvalue weighted by molar-refractivity contribution is -0.170. The molecule has 4 nitrogen and oxygen atoms in total. The molecule has 5 atom stereocenters. The number of fused-ring (bicyclic) bond motifs is 3. The third kappa shape index (κ3) is 2.92. The van der Waals surface area contributed by atoms with Gasteiger partial charge in [-0.15, -0.1) is 0 Å². The number of nitrogens with two attached hydrogens (primary N) is 1. The van der Waals surface area contributed by atoms with Crippen molar-refractivity contribution in [1.82, 2.24) is 4.90 Å². The van der Waals surface area contributed by atoms with E-state index in [1.807, 2.05) is 25.3 Å². The minimum Gasteiger partial charge on any atom is -0.373 e. The van der Waals surface area contributed by atoms with Gasteiger partial charge in [-0.3, -0.25) is 4.79 Å². The highest BCUT2D eigenvalue weighted by Gasteiger charge is 2.54. The number of nitrogens with zero attached hydrogens (tertiary/aromatic N) is 1. The molecule has 3 saturated carbocycles. The second-order valence-corrected chi connectivity index (χ2v) is 9.58. The lowest BCUT2D eigenvalue weighted by atomic mass is 9.62. The molecular weight excluding hydrogens is 336 g/mol. The van der Waals surface area contributed by atoms with E-state index in [1.165, 1.54) is 45.1 Å². The number of likely N-dealkylation sites (tertiary alicyclic amines) is 1. The predicted octanol–water partition coefficient (Wildman–Crippen LogP) is 3.41. The molecule has 146 valence electrons. The number of rotatable bonds is 5. The lowest BCUT2D eigenvalue weighted by Crippen LogP contribution is -2.59. The first-order chi connectivity index (χ1) is 13.1. The van der Waals surface area contributed by atoms with Gasteiger partial charge in [-0.05, 0) is 67.6 Å². The van der Waals surface area contributed by atoms with Crippen molar-refractivity contribution in [3.8, 4) is 0 Å². The molecule has 0 radical (unpaired) electrons. The number of amides is 1. The number of ether oxygens (including phenoxy) is 1. The van der Waals surface area contributed by atoms with Crippen molar-refractivity contribution in [2.45, 2.75) is 44.1 Å². The zero-order chi connectivity index (χ0) is 18.6. The Labute approximate surface area is 162 Å². The Bertz CT molecular complexity index is 709. The van der Waals surface area contributed by atoms with Gasteiger partial charge < -0.3 is 15.4 Å². The highest BCUT2D eigenvalue weighted by Crippen LogP contribution is 2.55. The average Bonchev–Trinajstić information content (AvgIpc) is 3.27. The van der Waals surface area contributed by atoms with Crippen LogP contribution in [0.5, 0.6) is 0 Å². The van der Waals surface area contributed by atoms with Gasteiger partial charge in [0, 0.05) is 44.1 Å². The first-order valence-electron chi connectivity index (χ1n) is 10.8. The molecule has 4 aliphatic rings. The molecule has 2 unspecified atom stereocenters. The Hall–Kier alpha value is -1.39. The first-order valence-corrected chi connectivity index (χ1v) is 10.8. The van der Waals surface area contributed by atoms with E-state index in [-0.39, 0.29) is 11.5 Å². The maximum atomic E-state index is 11.7. The minimum absolute atomic E-state index is 0.266. The van der Waals surface area contributed by atoms with Crippen molar-refractivity contribution < 1.29 is 9.53 Å². The molecule has 1 aliphatic heterocycles.